The number of hydrogen-bond donors (Lipinski definition) is 0. The van der Waals surface area contributed by atoms with Crippen LogP contribution < -0.4 is 29.1 Å². The van der Waals surface area contributed by atoms with Crippen LogP contribution in [-0.2, 0) is 9.53 Å². The summed E-state index contributed by atoms with van der Waals surface area (Å²) in [6.45, 7) is 3.53. The molecule has 1 atom stereocenters. The summed E-state index contributed by atoms with van der Waals surface area (Å²) in [5.41, 5.74) is 1.02. The number of hydrogen-bond acceptors (Lipinski definition) is 11. The molecule has 1 aliphatic heterocycles. The topological polar surface area (TPSA) is 145 Å². The molecule has 5 rings (SSSR count). The molecule has 0 saturated carbocycles. The number of nitrogens with zero attached hydrogens (tertiary/aromatic N) is 3. The van der Waals surface area contributed by atoms with Crippen molar-refractivity contribution in [3.8, 4) is 28.6 Å². The van der Waals surface area contributed by atoms with Gasteiger partial charge in [-0.25, -0.2) is 9.79 Å². The Balaban J connectivity index is 1.66. The van der Waals surface area contributed by atoms with Gasteiger partial charge in [0.2, 0.25) is 0 Å². The van der Waals surface area contributed by atoms with Gasteiger partial charge in [-0.15, -0.1) is 0 Å². The van der Waals surface area contributed by atoms with Crippen molar-refractivity contribution in [1.82, 2.24) is 4.57 Å². The van der Waals surface area contributed by atoms with Crippen LogP contribution in [0.3, 0.4) is 0 Å². The van der Waals surface area contributed by atoms with Crippen molar-refractivity contribution >= 4 is 29.1 Å². The Labute approximate surface area is 248 Å². The molecule has 2 aromatic carbocycles. The van der Waals surface area contributed by atoms with Crippen LogP contribution in [0, 0.1) is 10.1 Å². The zero-order valence-corrected chi connectivity index (χ0v) is 24.7. The number of aromatic nitrogens is 1. The molecule has 13 heteroatoms. The van der Waals surface area contributed by atoms with Crippen LogP contribution in [0.2, 0.25) is 0 Å². The molecule has 2 aromatic heterocycles. The molecule has 222 valence electrons. The van der Waals surface area contributed by atoms with E-state index in [0.717, 1.165) is 11.3 Å². The van der Waals surface area contributed by atoms with Gasteiger partial charge in [-0.3, -0.25) is 19.5 Å². The first-order valence-electron chi connectivity index (χ1n) is 13.0. The first-order chi connectivity index (χ1) is 20.7. The summed E-state index contributed by atoms with van der Waals surface area (Å²) in [5, 5.41) is 11.3. The zero-order valence-electron chi connectivity index (χ0n) is 23.9. The van der Waals surface area contributed by atoms with Crippen LogP contribution in [0.5, 0.6) is 17.2 Å². The lowest BCUT2D eigenvalue weighted by atomic mass is 9.95. The molecule has 0 spiro atoms. The molecular formula is C30H27N3O9S. The van der Waals surface area contributed by atoms with Gasteiger partial charge >= 0.3 is 5.97 Å². The summed E-state index contributed by atoms with van der Waals surface area (Å²) in [7, 11) is 4.48. The first-order valence-corrected chi connectivity index (χ1v) is 13.9. The molecule has 0 N–H and O–H groups in total. The normalized spacial score (nSPS) is 14.6. The molecule has 1 aliphatic rings. The molecule has 3 heterocycles. The fourth-order valence-electron chi connectivity index (χ4n) is 4.84. The molecule has 12 nitrogen and oxygen atoms in total. The third-order valence-electron chi connectivity index (χ3n) is 6.81. The summed E-state index contributed by atoms with van der Waals surface area (Å²) in [6, 6.07) is 11.7. The molecule has 43 heavy (non-hydrogen) atoms. The average molecular weight is 606 g/mol. The Bertz CT molecular complexity index is 1950. The van der Waals surface area contributed by atoms with E-state index >= 15 is 0 Å². The number of rotatable bonds is 9. The second kappa shape index (κ2) is 12.0. The first kappa shape index (κ1) is 29.3. The number of furan rings is 1. The summed E-state index contributed by atoms with van der Waals surface area (Å²) in [5.74, 6) is 1.40. The van der Waals surface area contributed by atoms with Crippen LogP contribution >= 0.6 is 11.3 Å². The fraction of sp³-hybridized carbons (Fsp3) is 0.233. The van der Waals surface area contributed by atoms with Crippen molar-refractivity contribution in [1.29, 1.82) is 0 Å². The maximum absolute atomic E-state index is 14.0. The van der Waals surface area contributed by atoms with Gasteiger partial charge in [0.25, 0.3) is 11.2 Å². The lowest BCUT2D eigenvalue weighted by Crippen LogP contribution is -2.40. The Kier molecular flexibility index (Phi) is 8.17. The Morgan fingerprint density at radius 1 is 1.09 bits per heavy atom. The smallest absolute Gasteiger partial charge is 0.338 e. The number of carbonyl (C=O) groups excluding carboxylic acids is 1. The van der Waals surface area contributed by atoms with Crippen LogP contribution in [0.25, 0.3) is 17.4 Å². The predicted octanol–water partition coefficient (Wildman–Crippen LogP) is 3.99. The highest BCUT2D eigenvalue weighted by Crippen LogP contribution is 2.38. The summed E-state index contributed by atoms with van der Waals surface area (Å²) >= 11 is 1.13. The number of fused-ring (bicyclic) bond motifs is 1. The monoisotopic (exact) mass is 605 g/mol. The number of carbonyl (C=O) groups is 1. The highest BCUT2D eigenvalue weighted by Gasteiger charge is 2.35. The minimum absolute atomic E-state index is 0.121. The van der Waals surface area contributed by atoms with Crippen LogP contribution in [0.1, 0.15) is 31.2 Å². The molecule has 0 saturated heterocycles. The van der Waals surface area contributed by atoms with Gasteiger partial charge in [0.15, 0.2) is 4.80 Å². The number of esters is 1. The molecule has 0 bridgehead atoms. The largest absolute Gasteiger partial charge is 0.497 e. The van der Waals surface area contributed by atoms with Gasteiger partial charge in [0.05, 0.1) is 54.2 Å². The van der Waals surface area contributed by atoms with Gasteiger partial charge < -0.3 is 23.4 Å². The Morgan fingerprint density at radius 2 is 1.86 bits per heavy atom. The molecule has 4 aromatic rings. The lowest BCUT2D eigenvalue weighted by molar-refractivity contribution is -0.384. The quantitative estimate of drug-likeness (QED) is 0.157. The lowest BCUT2D eigenvalue weighted by Gasteiger charge is -2.26. The summed E-state index contributed by atoms with van der Waals surface area (Å²) in [4.78, 5) is 42.9. The number of ether oxygens (including phenoxy) is 4. The summed E-state index contributed by atoms with van der Waals surface area (Å²) in [6.07, 6.45) is 1.56. The van der Waals surface area contributed by atoms with Gasteiger partial charge in [0, 0.05) is 29.8 Å². The summed E-state index contributed by atoms with van der Waals surface area (Å²) < 4.78 is 29.4. The fourth-order valence-corrected chi connectivity index (χ4v) is 5.86. The highest BCUT2D eigenvalue weighted by molar-refractivity contribution is 7.07. The van der Waals surface area contributed by atoms with E-state index in [-0.39, 0.29) is 17.9 Å². The maximum atomic E-state index is 14.0. The molecule has 0 radical (unpaired) electrons. The number of benzene rings is 2. The van der Waals surface area contributed by atoms with Crippen molar-refractivity contribution in [3.05, 3.63) is 101 Å². The third-order valence-corrected chi connectivity index (χ3v) is 7.79. The second-order valence-electron chi connectivity index (χ2n) is 9.25. The number of nitro groups is 1. The van der Waals surface area contributed by atoms with E-state index in [1.54, 1.807) is 50.3 Å². The third kappa shape index (κ3) is 5.42. The number of methoxy groups -OCH3 is 3. The minimum atomic E-state index is -0.889. The van der Waals surface area contributed by atoms with E-state index < -0.39 is 22.5 Å². The van der Waals surface area contributed by atoms with E-state index in [4.69, 9.17) is 23.4 Å². The Hall–Kier alpha value is -5.17. The van der Waals surface area contributed by atoms with Crippen molar-refractivity contribution in [2.24, 2.45) is 4.99 Å². The van der Waals surface area contributed by atoms with Crippen LogP contribution in [0.4, 0.5) is 5.69 Å². The standard InChI is InChI=1S/C30H27N3O9S/c1-6-41-29(35)26-16(2)31-30-32(27(26)20-10-8-18(38-3)14-24(20)40-5)28(34)25(43-30)15-19-9-12-23(42-19)21-13-17(33(36)37)7-11-22(21)39-4/h7-15,27H,6H2,1-5H3/b25-15-/t27-/m0/s1. The van der Waals surface area contributed by atoms with Gasteiger partial charge in [-0.05, 0) is 44.2 Å². The Morgan fingerprint density at radius 3 is 2.53 bits per heavy atom. The zero-order chi connectivity index (χ0) is 30.8. The number of nitro benzene ring substituents is 1. The van der Waals surface area contributed by atoms with Gasteiger partial charge in [-0.2, -0.15) is 0 Å². The molecule has 0 aliphatic carbocycles. The van der Waals surface area contributed by atoms with Gasteiger partial charge in [-0.1, -0.05) is 11.3 Å². The van der Waals surface area contributed by atoms with E-state index in [2.05, 4.69) is 4.99 Å². The van der Waals surface area contributed by atoms with Crippen LogP contribution in [0.15, 0.2) is 74.0 Å². The van der Waals surface area contributed by atoms with E-state index in [1.807, 2.05) is 0 Å². The van der Waals surface area contributed by atoms with E-state index in [1.165, 1.54) is 44.1 Å². The van der Waals surface area contributed by atoms with Crippen molar-refractivity contribution in [2.75, 3.05) is 27.9 Å². The average Bonchev–Trinajstić information content (AvgIpc) is 3.59. The second-order valence-corrected chi connectivity index (χ2v) is 10.3. The van der Waals surface area contributed by atoms with E-state index in [0.29, 0.717) is 54.9 Å². The number of non-ortho nitro benzene ring substituents is 1. The predicted molar refractivity (Wildman–Crippen MR) is 157 cm³/mol. The number of allylic oxidation sites excluding steroid dienone is 1. The molecule has 0 fully saturated rings. The van der Waals surface area contributed by atoms with Gasteiger partial charge in [0.1, 0.15) is 34.8 Å². The minimum Gasteiger partial charge on any atom is -0.497 e. The maximum Gasteiger partial charge on any atom is 0.338 e. The van der Waals surface area contributed by atoms with Crippen molar-refractivity contribution in [2.45, 2.75) is 19.9 Å². The molecule has 0 unspecified atom stereocenters. The highest BCUT2D eigenvalue weighted by atomic mass is 32.1. The van der Waals surface area contributed by atoms with Crippen molar-refractivity contribution < 1.29 is 33.1 Å². The SMILES string of the molecule is CCOC(=O)C1=C(C)N=c2s/c(=C\c3ccc(-c4cc([N+](=O)[O-])ccc4OC)o3)c(=O)n2[C@H]1c1ccc(OC)cc1OC. The molecular weight excluding hydrogens is 578 g/mol. The number of thiazole rings is 1. The van der Waals surface area contributed by atoms with Crippen LogP contribution in [-0.4, -0.2) is 43.4 Å². The van der Waals surface area contributed by atoms with E-state index in [9.17, 15) is 19.7 Å². The van der Waals surface area contributed by atoms with Crippen molar-refractivity contribution in [3.63, 3.8) is 0 Å². The molecule has 0 amide bonds.